The van der Waals surface area contributed by atoms with Crippen LogP contribution in [0.3, 0.4) is 0 Å². The summed E-state index contributed by atoms with van der Waals surface area (Å²) < 4.78 is 0. The van der Waals surface area contributed by atoms with Gasteiger partial charge in [-0.25, -0.2) is 0 Å². The third kappa shape index (κ3) is 1.87. The molecule has 1 saturated heterocycles. The van der Waals surface area contributed by atoms with Crippen LogP contribution in [-0.2, 0) is 6.54 Å². The number of aryl methyl sites for hydroxylation is 1. The molecule has 1 aliphatic heterocycles. The first-order valence-corrected chi connectivity index (χ1v) is 4.65. The number of azide groups is 1. The van der Waals surface area contributed by atoms with Gasteiger partial charge in [0.2, 0.25) is 0 Å². The smallest absolute Gasteiger partial charge is 0.0513 e. The Hall–Kier alpha value is -1.51. The van der Waals surface area contributed by atoms with Gasteiger partial charge in [-0.2, -0.15) is 0 Å². The molecule has 1 atom stereocenters. The number of benzene rings is 1. The quantitative estimate of drug-likeness (QED) is 0.336. The van der Waals surface area contributed by atoms with E-state index in [9.17, 15) is 0 Å². The lowest BCUT2D eigenvalue weighted by Gasteiger charge is -2.04. The average molecular weight is 188 g/mol. The first kappa shape index (κ1) is 9.06. The highest BCUT2D eigenvalue weighted by atomic mass is 15.1. The van der Waals surface area contributed by atoms with E-state index in [2.05, 4.69) is 27.5 Å². The van der Waals surface area contributed by atoms with Crippen LogP contribution in [0.2, 0.25) is 0 Å². The fourth-order valence-corrected chi connectivity index (χ4v) is 1.52. The van der Waals surface area contributed by atoms with Crippen LogP contribution in [0, 0.1) is 6.92 Å². The van der Waals surface area contributed by atoms with Crippen LogP contribution in [0.15, 0.2) is 23.3 Å². The Morgan fingerprint density at radius 3 is 3.00 bits per heavy atom. The van der Waals surface area contributed by atoms with Crippen LogP contribution >= 0.6 is 0 Å². The van der Waals surface area contributed by atoms with Gasteiger partial charge in [0.1, 0.15) is 0 Å². The van der Waals surface area contributed by atoms with Crippen molar-refractivity contribution in [2.24, 2.45) is 5.11 Å². The summed E-state index contributed by atoms with van der Waals surface area (Å²) in [6.07, 6.45) is 0. The van der Waals surface area contributed by atoms with E-state index in [0.29, 0.717) is 12.6 Å². The Bertz CT molecular complexity index is 389. The minimum Gasteiger partial charge on any atom is -0.307 e. The van der Waals surface area contributed by atoms with Gasteiger partial charge in [0.05, 0.1) is 6.54 Å². The van der Waals surface area contributed by atoms with Crippen LogP contribution < -0.4 is 5.32 Å². The zero-order chi connectivity index (χ0) is 9.97. The van der Waals surface area contributed by atoms with Crippen molar-refractivity contribution in [3.05, 3.63) is 45.3 Å². The average Bonchev–Trinajstić information content (AvgIpc) is 2.99. The lowest BCUT2D eigenvalue weighted by atomic mass is 10.0. The van der Waals surface area contributed by atoms with Crippen LogP contribution in [0.4, 0.5) is 0 Å². The normalized spacial score (nSPS) is 18.8. The second-order valence-corrected chi connectivity index (χ2v) is 3.54. The van der Waals surface area contributed by atoms with Crippen molar-refractivity contribution in [3.63, 3.8) is 0 Å². The third-order valence-corrected chi connectivity index (χ3v) is 2.48. The van der Waals surface area contributed by atoms with E-state index in [0.717, 1.165) is 12.1 Å². The highest BCUT2D eigenvalue weighted by molar-refractivity contribution is 5.34. The molecule has 1 N–H and O–H groups in total. The molecule has 0 radical (unpaired) electrons. The summed E-state index contributed by atoms with van der Waals surface area (Å²) in [5, 5.41) is 6.82. The largest absolute Gasteiger partial charge is 0.307 e. The molecule has 1 aliphatic rings. The first-order chi connectivity index (χ1) is 6.81. The molecule has 0 saturated carbocycles. The van der Waals surface area contributed by atoms with E-state index in [1.54, 1.807) is 0 Å². The number of nitrogens with one attached hydrogen (secondary N) is 1. The molecule has 2 rings (SSSR count). The number of hydrogen-bond acceptors (Lipinski definition) is 2. The maximum absolute atomic E-state index is 8.22. The molecule has 1 aromatic carbocycles. The first-order valence-electron chi connectivity index (χ1n) is 4.65. The van der Waals surface area contributed by atoms with Crippen molar-refractivity contribution >= 4 is 0 Å². The minimum atomic E-state index is 0.445. The highest BCUT2D eigenvalue weighted by Gasteiger charge is 2.22. The van der Waals surface area contributed by atoms with Gasteiger partial charge in [0.15, 0.2) is 0 Å². The van der Waals surface area contributed by atoms with E-state index in [1.165, 1.54) is 11.1 Å². The monoisotopic (exact) mass is 188 g/mol. The van der Waals surface area contributed by atoms with Gasteiger partial charge in [-0.05, 0) is 29.1 Å². The molecule has 0 spiro atoms. The fourth-order valence-electron chi connectivity index (χ4n) is 1.52. The molecule has 0 aliphatic carbocycles. The van der Waals surface area contributed by atoms with Gasteiger partial charge in [-0.1, -0.05) is 23.3 Å². The van der Waals surface area contributed by atoms with E-state index in [4.69, 9.17) is 5.53 Å². The van der Waals surface area contributed by atoms with Crippen molar-refractivity contribution in [1.82, 2.24) is 5.32 Å². The van der Waals surface area contributed by atoms with Gasteiger partial charge >= 0.3 is 0 Å². The Labute approximate surface area is 82.6 Å². The molecule has 0 bridgehead atoms. The number of hydrogen-bond donors (Lipinski definition) is 1. The molecular weight excluding hydrogens is 176 g/mol. The molecule has 4 nitrogen and oxygen atoms in total. The Kier molecular flexibility index (Phi) is 2.39. The van der Waals surface area contributed by atoms with Crippen LogP contribution in [0.1, 0.15) is 22.7 Å². The fraction of sp³-hybridized carbons (Fsp3) is 0.400. The number of rotatable bonds is 3. The van der Waals surface area contributed by atoms with Crippen LogP contribution in [0.5, 0.6) is 0 Å². The van der Waals surface area contributed by atoms with E-state index in [1.807, 2.05) is 13.0 Å². The van der Waals surface area contributed by atoms with E-state index < -0.39 is 0 Å². The van der Waals surface area contributed by atoms with Crippen molar-refractivity contribution in [1.29, 1.82) is 0 Å². The summed E-state index contributed by atoms with van der Waals surface area (Å²) >= 11 is 0. The molecule has 1 heterocycles. The molecule has 1 fully saturated rings. The molecule has 14 heavy (non-hydrogen) atoms. The van der Waals surface area contributed by atoms with E-state index in [-0.39, 0.29) is 0 Å². The topological polar surface area (TPSA) is 70.7 Å². The molecule has 0 aromatic heterocycles. The lowest BCUT2D eigenvalue weighted by Crippen LogP contribution is -1.91. The Balaban J connectivity index is 2.21. The van der Waals surface area contributed by atoms with Crippen LogP contribution in [-0.4, -0.2) is 6.54 Å². The summed E-state index contributed by atoms with van der Waals surface area (Å²) in [5.41, 5.74) is 11.8. The Morgan fingerprint density at radius 2 is 2.43 bits per heavy atom. The van der Waals surface area contributed by atoms with Gasteiger partial charge in [-0.3, -0.25) is 0 Å². The molecule has 72 valence electrons. The maximum atomic E-state index is 8.22. The third-order valence-electron chi connectivity index (χ3n) is 2.48. The maximum Gasteiger partial charge on any atom is 0.0513 e. The van der Waals surface area contributed by atoms with Crippen molar-refractivity contribution in [2.45, 2.75) is 19.5 Å². The number of nitrogens with zero attached hydrogens (tertiary/aromatic N) is 3. The summed E-state index contributed by atoms with van der Waals surface area (Å²) in [7, 11) is 0. The summed E-state index contributed by atoms with van der Waals surface area (Å²) in [5.74, 6) is 0. The SMILES string of the molecule is Cc1cc([C@@H]2CN2)ccc1CN=[N+]=[N-]. The minimum absolute atomic E-state index is 0.445. The summed E-state index contributed by atoms with van der Waals surface area (Å²) in [6.45, 7) is 3.57. The van der Waals surface area contributed by atoms with Gasteiger partial charge < -0.3 is 5.32 Å². The molecule has 0 unspecified atom stereocenters. The second kappa shape index (κ2) is 3.70. The van der Waals surface area contributed by atoms with Crippen molar-refractivity contribution < 1.29 is 0 Å². The van der Waals surface area contributed by atoms with Gasteiger partial charge in [0, 0.05) is 17.5 Å². The second-order valence-electron chi connectivity index (χ2n) is 3.54. The van der Waals surface area contributed by atoms with Crippen molar-refractivity contribution in [3.8, 4) is 0 Å². The van der Waals surface area contributed by atoms with Crippen LogP contribution in [0.25, 0.3) is 10.4 Å². The predicted octanol–water partition coefficient (Wildman–Crippen LogP) is 2.45. The standard InChI is InChI=1S/C10H12N4/c1-7-4-8(10-6-12-10)2-3-9(7)5-13-14-11/h2-4,10,12H,5-6H2,1H3/t10-/m0/s1. The molecular formula is C10H12N4. The predicted molar refractivity (Wildman–Crippen MR) is 54.8 cm³/mol. The molecule has 4 heteroatoms. The summed E-state index contributed by atoms with van der Waals surface area (Å²) in [6, 6.07) is 6.84. The lowest BCUT2D eigenvalue weighted by molar-refractivity contribution is 1.01. The van der Waals surface area contributed by atoms with Crippen molar-refractivity contribution in [2.75, 3.05) is 6.54 Å². The zero-order valence-corrected chi connectivity index (χ0v) is 8.07. The zero-order valence-electron chi connectivity index (χ0n) is 8.07. The van der Waals surface area contributed by atoms with Gasteiger partial charge in [-0.15, -0.1) is 0 Å². The Morgan fingerprint density at radius 1 is 1.64 bits per heavy atom. The van der Waals surface area contributed by atoms with E-state index >= 15 is 0 Å². The highest BCUT2D eigenvalue weighted by Crippen LogP contribution is 2.23. The molecule has 1 aromatic rings. The summed E-state index contributed by atoms with van der Waals surface area (Å²) in [4.78, 5) is 2.75. The van der Waals surface area contributed by atoms with Gasteiger partial charge in [0.25, 0.3) is 0 Å². The molecule has 0 amide bonds.